The van der Waals surface area contributed by atoms with Crippen molar-refractivity contribution >= 4 is 17.6 Å². The van der Waals surface area contributed by atoms with E-state index in [0.29, 0.717) is 11.2 Å². The monoisotopic (exact) mass is 394 g/mol. The van der Waals surface area contributed by atoms with Gasteiger partial charge in [-0.25, -0.2) is 4.79 Å². The van der Waals surface area contributed by atoms with Crippen LogP contribution in [0.15, 0.2) is 95.4 Å². The van der Waals surface area contributed by atoms with Crippen LogP contribution in [0.5, 0.6) is 0 Å². The van der Waals surface area contributed by atoms with Gasteiger partial charge in [0.25, 0.3) is 0 Å². The minimum Gasteiger partial charge on any atom is -0.466 e. The Balaban J connectivity index is 2.08. The molecule has 3 aromatic carbocycles. The predicted octanol–water partition coefficient (Wildman–Crippen LogP) is 4.46. The van der Waals surface area contributed by atoms with Crippen LogP contribution in [0, 0.1) is 6.92 Å². The third kappa shape index (κ3) is 4.11. The van der Waals surface area contributed by atoms with Gasteiger partial charge in [0.05, 0.1) is 13.2 Å². The first kappa shape index (κ1) is 19.5. The first-order valence-electron chi connectivity index (χ1n) is 9.77. The number of ether oxygens (including phenoxy) is 1. The van der Waals surface area contributed by atoms with Crippen LogP contribution in [0.2, 0.25) is 0 Å². The molecule has 3 nitrogen and oxygen atoms in total. The number of aryl methyl sites for hydroxylation is 1. The standard InChI is InChI=1S/C27H22O3/c1-19-13-15-20(16-14-19)24-17-23(25(30-24)18-26(28)29-2)27(21-9-5-3-6-10-21)22-11-7-4-8-12-22/h3-18H,1-2H3/b25-18-. The number of hydrogen-bond donors (Lipinski definition) is 0. The highest BCUT2D eigenvalue weighted by Crippen LogP contribution is 2.22. The number of carbonyl (C=O) groups excluding carboxylic acids is 1. The molecular formula is C27H22O3. The zero-order valence-corrected chi connectivity index (χ0v) is 17.0. The molecule has 0 radical (unpaired) electrons. The fourth-order valence-corrected chi connectivity index (χ4v) is 3.42. The molecule has 0 aliphatic carbocycles. The molecule has 0 N–H and O–H groups in total. The predicted molar refractivity (Wildman–Crippen MR) is 119 cm³/mol. The molecular weight excluding hydrogens is 372 g/mol. The Hall–Kier alpha value is -3.85. The number of furan rings is 1. The second-order valence-electron chi connectivity index (χ2n) is 7.03. The van der Waals surface area contributed by atoms with E-state index in [9.17, 15) is 4.79 Å². The van der Waals surface area contributed by atoms with Gasteiger partial charge in [-0.1, -0.05) is 90.5 Å². The average Bonchev–Trinajstić information content (AvgIpc) is 3.19. The van der Waals surface area contributed by atoms with Crippen LogP contribution in [0.25, 0.3) is 23.0 Å². The Morgan fingerprint density at radius 2 is 1.40 bits per heavy atom. The smallest absolute Gasteiger partial charge is 0.334 e. The Kier molecular flexibility index (Phi) is 5.62. The maximum atomic E-state index is 12.1. The van der Waals surface area contributed by atoms with Gasteiger partial charge in [0.15, 0.2) is 0 Å². The quantitative estimate of drug-likeness (QED) is 0.480. The molecule has 3 heteroatoms. The van der Waals surface area contributed by atoms with Gasteiger partial charge in [0.1, 0.15) is 11.2 Å². The zero-order valence-electron chi connectivity index (χ0n) is 17.0. The molecule has 0 fully saturated rings. The molecule has 0 amide bonds. The van der Waals surface area contributed by atoms with Crippen molar-refractivity contribution in [3.8, 4) is 11.3 Å². The SMILES string of the molecule is COC(=O)/C=c1\oc(-c2ccc(C)cc2)cc1=C(c1ccccc1)c1ccccc1. The number of rotatable bonds is 4. The Labute approximate surface area is 175 Å². The average molecular weight is 394 g/mol. The minimum absolute atomic E-state index is 0.457. The fraction of sp³-hybridized carbons (Fsp3) is 0.0741. The first-order chi connectivity index (χ1) is 14.7. The van der Waals surface area contributed by atoms with Gasteiger partial charge in [-0.05, 0) is 29.7 Å². The van der Waals surface area contributed by atoms with Crippen molar-refractivity contribution in [3.63, 3.8) is 0 Å². The Morgan fingerprint density at radius 3 is 1.93 bits per heavy atom. The highest BCUT2D eigenvalue weighted by atomic mass is 16.5. The molecule has 1 aromatic heterocycles. The van der Waals surface area contributed by atoms with Gasteiger partial charge in [-0.2, -0.15) is 0 Å². The highest BCUT2D eigenvalue weighted by molar-refractivity contribution is 5.99. The van der Waals surface area contributed by atoms with Crippen LogP contribution >= 0.6 is 0 Å². The first-order valence-corrected chi connectivity index (χ1v) is 9.77. The van der Waals surface area contributed by atoms with Gasteiger partial charge in [-0.3, -0.25) is 0 Å². The molecule has 0 bridgehead atoms. The van der Waals surface area contributed by atoms with Crippen molar-refractivity contribution in [2.75, 3.05) is 7.11 Å². The molecule has 30 heavy (non-hydrogen) atoms. The van der Waals surface area contributed by atoms with Crippen molar-refractivity contribution in [2.45, 2.75) is 6.92 Å². The lowest BCUT2D eigenvalue weighted by atomic mass is 9.96. The van der Waals surface area contributed by atoms with Crippen LogP contribution in [-0.4, -0.2) is 13.1 Å². The van der Waals surface area contributed by atoms with E-state index in [2.05, 4.69) is 24.3 Å². The summed E-state index contributed by atoms with van der Waals surface area (Å²) in [5, 5.41) is 0.841. The summed E-state index contributed by atoms with van der Waals surface area (Å²) in [6.07, 6.45) is 1.40. The van der Waals surface area contributed by atoms with Gasteiger partial charge >= 0.3 is 5.97 Å². The van der Waals surface area contributed by atoms with E-state index >= 15 is 0 Å². The summed E-state index contributed by atoms with van der Waals surface area (Å²) in [7, 11) is 1.36. The molecule has 1 heterocycles. The molecule has 4 rings (SSSR count). The summed E-state index contributed by atoms with van der Waals surface area (Å²) >= 11 is 0. The molecule has 0 unspecified atom stereocenters. The van der Waals surface area contributed by atoms with Crippen molar-refractivity contribution in [3.05, 3.63) is 118 Å². The molecule has 148 valence electrons. The summed E-state index contributed by atoms with van der Waals surface area (Å²) in [6.45, 7) is 2.05. The lowest BCUT2D eigenvalue weighted by Crippen LogP contribution is -2.25. The highest BCUT2D eigenvalue weighted by Gasteiger charge is 2.12. The van der Waals surface area contributed by atoms with Crippen LogP contribution < -0.4 is 10.6 Å². The Morgan fingerprint density at radius 1 is 0.833 bits per heavy atom. The fourth-order valence-electron chi connectivity index (χ4n) is 3.42. The third-order valence-electron chi connectivity index (χ3n) is 4.94. The van der Waals surface area contributed by atoms with E-state index in [0.717, 1.165) is 27.5 Å². The summed E-state index contributed by atoms with van der Waals surface area (Å²) in [5.41, 5.74) is 5.67. The van der Waals surface area contributed by atoms with Crippen LogP contribution in [0.4, 0.5) is 0 Å². The summed E-state index contributed by atoms with van der Waals surface area (Å²) in [6, 6.07) is 30.3. The zero-order chi connectivity index (χ0) is 20.9. The molecule has 0 saturated carbocycles. The maximum Gasteiger partial charge on any atom is 0.334 e. The van der Waals surface area contributed by atoms with E-state index in [1.54, 1.807) is 0 Å². The molecule has 4 aromatic rings. The lowest BCUT2D eigenvalue weighted by Gasteiger charge is -2.07. The molecule has 0 saturated heterocycles. The molecule has 0 aliphatic heterocycles. The largest absolute Gasteiger partial charge is 0.466 e. The van der Waals surface area contributed by atoms with E-state index < -0.39 is 5.97 Å². The van der Waals surface area contributed by atoms with Crippen LogP contribution in [0.1, 0.15) is 16.7 Å². The van der Waals surface area contributed by atoms with E-state index in [1.807, 2.05) is 73.7 Å². The van der Waals surface area contributed by atoms with Gasteiger partial charge < -0.3 is 9.15 Å². The van der Waals surface area contributed by atoms with Crippen molar-refractivity contribution < 1.29 is 13.9 Å². The molecule has 0 aliphatic rings. The number of methoxy groups -OCH3 is 1. The maximum absolute atomic E-state index is 12.1. The molecule has 0 spiro atoms. The van der Waals surface area contributed by atoms with Crippen molar-refractivity contribution in [1.29, 1.82) is 0 Å². The van der Waals surface area contributed by atoms with Crippen LogP contribution in [-0.2, 0) is 9.53 Å². The summed E-state index contributed by atoms with van der Waals surface area (Å²) < 4.78 is 11.0. The van der Waals surface area contributed by atoms with E-state index in [4.69, 9.17) is 9.15 Å². The lowest BCUT2D eigenvalue weighted by molar-refractivity contribution is -0.133. The Bertz CT molecular complexity index is 1220. The summed E-state index contributed by atoms with van der Waals surface area (Å²) in [4.78, 5) is 12.1. The van der Waals surface area contributed by atoms with Gasteiger partial charge in [0, 0.05) is 10.8 Å². The topological polar surface area (TPSA) is 39.4 Å². The van der Waals surface area contributed by atoms with Gasteiger partial charge in [0.2, 0.25) is 0 Å². The number of esters is 1. The summed E-state index contributed by atoms with van der Waals surface area (Å²) in [5.74, 6) is 0.242. The van der Waals surface area contributed by atoms with Gasteiger partial charge in [-0.15, -0.1) is 0 Å². The van der Waals surface area contributed by atoms with E-state index in [1.165, 1.54) is 18.7 Å². The number of hydrogen-bond acceptors (Lipinski definition) is 3. The number of carbonyl (C=O) groups is 1. The minimum atomic E-state index is -0.457. The van der Waals surface area contributed by atoms with Crippen molar-refractivity contribution in [2.24, 2.45) is 0 Å². The van der Waals surface area contributed by atoms with Crippen LogP contribution in [0.3, 0.4) is 0 Å². The molecule has 0 atom stereocenters. The number of benzene rings is 3. The van der Waals surface area contributed by atoms with E-state index in [-0.39, 0.29) is 0 Å². The second kappa shape index (κ2) is 8.66. The second-order valence-corrected chi connectivity index (χ2v) is 7.03. The normalized spacial score (nSPS) is 11.3. The van der Waals surface area contributed by atoms with Crippen molar-refractivity contribution in [1.82, 2.24) is 0 Å². The third-order valence-corrected chi connectivity index (χ3v) is 4.94.